The first-order valence-electron chi connectivity index (χ1n) is 8.13. The molecule has 0 amide bonds. The van der Waals surface area contributed by atoms with Crippen LogP contribution in [0, 0.1) is 5.82 Å². The van der Waals surface area contributed by atoms with Crippen molar-refractivity contribution in [1.82, 2.24) is 14.8 Å². The summed E-state index contributed by atoms with van der Waals surface area (Å²) in [4.78, 5) is 28.0. The van der Waals surface area contributed by atoms with E-state index < -0.39 is 16.8 Å². The minimum Gasteiger partial charge on any atom is -0.486 e. The molecule has 28 heavy (non-hydrogen) atoms. The second-order valence-electron chi connectivity index (χ2n) is 6.00. The number of hydrogen-bond acceptors (Lipinski definition) is 3. The Hall–Kier alpha value is -3.03. The molecule has 0 aliphatic heterocycles. The van der Waals surface area contributed by atoms with Gasteiger partial charge in [-0.1, -0.05) is 23.2 Å². The number of ether oxygens (including phenoxy) is 1. The largest absolute Gasteiger partial charge is 0.486 e. The average molecular weight is 420 g/mol. The zero-order valence-corrected chi connectivity index (χ0v) is 15.6. The first-order chi connectivity index (χ1) is 13.4. The van der Waals surface area contributed by atoms with Crippen LogP contribution < -0.4 is 15.7 Å². The van der Waals surface area contributed by atoms with Crippen molar-refractivity contribution in [2.24, 2.45) is 0 Å². The van der Waals surface area contributed by atoms with Gasteiger partial charge in [-0.15, -0.1) is 0 Å². The summed E-state index contributed by atoms with van der Waals surface area (Å²) in [6, 6.07) is 11.4. The predicted octanol–water partition coefficient (Wildman–Crippen LogP) is 4.03. The lowest BCUT2D eigenvalue weighted by molar-refractivity contribution is 0.302. The Bertz CT molecular complexity index is 1290. The van der Waals surface area contributed by atoms with Gasteiger partial charge in [0.25, 0.3) is 5.56 Å². The number of benzene rings is 2. The highest BCUT2D eigenvalue weighted by Crippen LogP contribution is 2.28. The zero-order chi connectivity index (χ0) is 19.8. The number of aromatic amines is 2. The van der Waals surface area contributed by atoms with Crippen LogP contribution in [0.5, 0.6) is 5.75 Å². The number of nitrogens with zero attached hydrogens (tertiary/aromatic N) is 1. The van der Waals surface area contributed by atoms with Crippen molar-refractivity contribution in [3.05, 3.63) is 90.7 Å². The van der Waals surface area contributed by atoms with Gasteiger partial charge in [-0.2, -0.15) is 0 Å². The lowest BCUT2D eigenvalue weighted by Gasteiger charge is -2.08. The first kappa shape index (κ1) is 18.3. The van der Waals surface area contributed by atoms with Gasteiger partial charge in [0, 0.05) is 11.1 Å². The molecular weight excluding hydrogens is 408 g/mol. The first-order valence-corrected chi connectivity index (χ1v) is 8.89. The van der Waals surface area contributed by atoms with Crippen molar-refractivity contribution in [1.29, 1.82) is 0 Å². The van der Waals surface area contributed by atoms with E-state index in [1.165, 1.54) is 35.0 Å². The number of nitrogens with one attached hydrogen (secondary N) is 2. The van der Waals surface area contributed by atoms with Gasteiger partial charge >= 0.3 is 0 Å². The molecule has 2 N–H and O–H groups in total. The topological polar surface area (TPSA) is 79.9 Å². The highest BCUT2D eigenvalue weighted by molar-refractivity contribution is 6.35. The van der Waals surface area contributed by atoms with Gasteiger partial charge < -0.3 is 9.72 Å². The molecule has 2 aromatic heterocycles. The Balaban J connectivity index is 1.69. The number of halogens is 3. The molecule has 6 nitrogen and oxygen atoms in total. The van der Waals surface area contributed by atoms with Gasteiger partial charge in [-0.25, -0.2) is 9.07 Å². The van der Waals surface area contributed by atoms with E-state index in [1.807, 2.05) is 0 Å². The van der Waals surface area contributed by atoms with E-state index in [2.05, 4.69) is 10.1 Å². The molecule has 0 bridgehead atoms. The van der Waals surface area contributed by atoms with Crippen molar-refractivity contribution < 1.29 is 9.13 Å². The maximum atomic E-state index is 13.1. The molecule has 0 saturated heterocycles. The summed E-state index contributed by atoms with van der Waals surface area (Å²) in [6.45, 7) is 0.0241. The normalized spacial score (nSPS) is 11.1. The van der Waals surface area contributed by atoms with Crippen LogP contribution in [0.2, 0.25) is 10.0 Å². The van der Waals surface area contributed by atoms with Crippen molar-refractivity contribution in [2.45, 2.75) is 6.61 Å². The molecule has 4 aromatic rings. The number of hydrogen-bond donors (Lipinski definition) is 2. The van der Waals surface area contributed by atoms with Crippen molar-refractivity contribution in [3.8, 4) is 11.4 Å². The summed E-state index contributed by atoms with van der Waals surface area (Å²) in [5, 5.41) is 3.61. The van der Waals surface area contributed by atoms with Gasteiger partial charge in [0.2, 0.25) is 0 Å². The third-order valence-electron chi connectivity index (χ3n) is 4.09. The molecule has 0 spiro atoms. The molecule has 0 radical (unpaired) electrons. The molecule has 9 heteroatoms. The Morgan fingerprint density at radius 1 is 1.04 bits per heavy atom. The summed E-state index contributed by atoms with van der Waals surface area (Å²) in [5.74, 6) is -0.0197. The highest BCUT2D eigenvalue weighted by Gasteiger charge is 2.14. The Labute approximate surface area is 167 Å². The van der Waals surface area contributed by atoms with E-state index in [0.717, 1.165) is 0 Å². The van der Waals surface area contributed by atoms with Gasteiger partial charge in [-0.3, -0.25) is 14.7 Å². The second-order valence-corrected chi connectivity index (χ2v) is 6.84. The number of aromatic nitrogens is 3. The van der Waals surface area contributed by atoms with Crippen LogP contribution in [0.25, 0.3) is 16.7 Å². The van der Waals surface area contributed by atoms with E-state index in [4.69, 9.17) is 27.9 Å². The molecule has 0 aliphatic rings. The van der Waals surface area contributed by atoms with Crippen LogP contribution in [-0.2, 0) is 6.61 Å². The molecule has 2 heterocycles. The van der Waals surface area contributed by atoms with Crippen molar-refractivity contribution in [3.63, 3.8) is 0 Å². The number of pyridine rings is 1. The Kier molecular flexibility index (Phi) is 4.70. The summed E-state index contributed by atoms with van der Waals surface area (Å²) >= 11 is 11.9. The van der Waals surface area contributed by atoms with E-state index in [-0.39, 0.29) is 17.6 Å². The maximum Gasteiger partial charge on any atom is 0.284 e. The van der Waals surface area contributed by atoms with E-state index in [0.29, 0.717) is 27.2 Å². The monoisotopic (exact) mass is 419 g/mol. The Morgan fingerprint density at radius 2 is 1.79 bits per heavy atom. The predicted molar refractivity (Wildman–Crippen MR) is 105 cm³/mol. The lowest BCUT2D eigenvalue weighted by Crippen LogP contribution is -2.18. The SMILES string of the molecule is O=c1cc(COc2ccc(Cl)cc2Cl)[nH]c2[nH]n(-c3ccc(F)cc3)c(=O)c12. The molecule has 0 saturated carbocycles. The zero-order valence-electron chi connectivity index (χ0n) is 14.1. The molecule has 142 valence electrons. The van der Waals surface area contributed by atoms with Crippen LogP contribution in [0.15, 0.2) is 58.1 Å². The fourth-order valence-electron chi connectivity index (χ4n) is 2.78. The summed E-state index contributed by atoms with van der Waals surface area (Å²) < 4.78 is 19.9. The van der Waals surface area contributed by atoms with Gasteiger partial charge in [0.1, 0.15) is 29.2 Å². The fraction of sp³-hybridized carbons (Fsp3) is 0.0526. The molecule has 2 aromatic carbocycles. The average Bonchev–Trinajstić information content (AvgIpc) is 2.98. The minimum atomic E-state index is -0.531. The number of fused-ring (bicyclic) bond motifs is 1. The third kappa shape index (κ3) is 3.42. The summed E-state index contributed by atoms with van der Waals surface area (Å²) in [7, 11) is 0. The molecule has 0 aliphatic carbocycles. The smallest absolute Gasteiger partial charge is 0.284 e. The third-order valence-corrected chi connectivity index (χ3v) is 4.62. The van der Waals surface area contributed by atoms with Crippen LogP contribution in [0.3, 0.4) is 0 Å². The summed E-state index contributed by atoms with van der Waals surface area (Å²) in [6.07, 6.45) is 0. The maximum absolute atomic E-state index is 13.1. The molecular formula is C19H12Cl2FN3O3. The molecule has 0 unspecified atom stereocenters. The van der Waals surface area contributed by atoms with Crippen molar-refractivity contribution in [2.75, 3.05) is 0 Å². The van der Waals surface area contributed by atoms with Crippen LogP contribution in [-0.4, -0.2) is 14.8 Å². The standard InChI is InChI=1S/C19H12Cl2FN3O3/c20-10-1-6-16(14(21)7-10)28-9-12-8-15(26)17-18(23-12)24-25(19(17)27)13-4-2-11(22)3-5-13/h1-8H,9H2,(H2,23,24,26). The van der Waals surface area contributed by atoms with E-state index in [1.54, 1.807) is 18.2 Å². The van der Waals surface area contributed by atoms with Crippen molar-refractivity contribution >= 4 is 34.2 Å². The molecule has 0 atom stereocenters. The summed E-state index contributed by atoms with van der Waals surface area (Å²) in [5.41, 5.74) is 0.0903. The molecule has 0 fully saturated rings. The van der Waals surface area contributed by atoms with Crippen LogP contribution in [0.1, 0.15) is 5.69 Å². The lowest BCUT2D eigenvalue weighted by atomic mass is 10.3. The van der Waals surface area contributed by atoms with Crippen LogP contribution >= 0.6 is 23.2 Å². The van der Waals surface area contributed by atoms with E-state index >= 15 is 0 Å². The Morgan fingerprint density at radius 3 is 2.50 bits per heavy atom. The van der Waals surface area contributed by atoms with Gasteiger partial charge in [-0.05, 0) is 42.5 Å². The van der Waals surface area contributed by atoms with Gasteiger partial charge in [0.15, 0.2) is 5.43 Å². The highest BCUT2D eigenvalue weighted by atomic mass is 35.5. The van der Waals surface area contributed by atoms with Crippen LogP contribution in [0.4, 0.5) is 4.39 Å². The number of H-pyrrole nitrogens is 2. The fourth-order valence-corrected chi connectivity index (χ4v) is 3.24. The number of rotatable bonds is 4. The minimum absolute atomic E-state index is 0.0241. The van der Waals surface area contributed by atoms with E-state index in [9.17, 15) is 14.0 Å². The van der Waals surface area contributed by atoms with Gasteiger partial charge in [0.05, 0.1) is 16.4 Å². The quantitative estimate of drug-likeness (QED) is 0.523. The molecule has 4 rings (SSSR count). The second kappa shape index (κ2) is 7.18.